The van der Waals surface area contributed by atoms with E-state index in [0.29, 0.717) is 17.8 Å². The number of H-pyrrole nitrogens is 2. The molecule has 0 fully saturated rings. The van der Waals surface area contributed by atoms with E-state index in [2.05, 4.69) is 78.4 Å². The zero-order valence-corrected chi connectivity index (χ0v) is 51.9. The largest absolute Gasteiger partial charge is 0.480 e. The number of primary amides is 1. The first kappa shape index (κ1) is 77.4. The molecule has 2 aromatic rings. The van der Waals surface area contributed by atoms with E-state index in [1.165, 1.54) is 38.9 Å². The molecule has 0 aliphatic heterocycles. The van der Waals surface area contributed by atoms with Crippen molar-refractivity contribution in [2.45, 2.75) is 186 Å². The first-order valence-electron chi connectivity index (χ1n) is 29.5. The molecule has 0 aromatic carbocycles. The fourth-order valence-corrected chi connectivity index (χ4v) is 8.67. The van der Waals surface area contributed by atoms with Crippen molar-refractivity contribution >= 4 is 76.9 Å². The van der Waals surface area contributed by atoms with Gasteiger partial charge < -0.3 is 106 Å². The lowest BCUT2D eigenvalue weighted by Gasteiger charge is -2.30. The van der Waals surface area contributed by atoms with Gasteiger partial charge in [-0.15, -0.1) is 0 Å². The van der Waals surface area contributed by atoms with E-state index < -0.39 is 182 Å². The maximum atomic E-state index is 14.1. The van der Waals surface area contributed by atoms with Crippen molar-refractivity contribution in [3.63, 3.8) is 0 Å². The summed E-state index contributed by atoms with van der Waals surface area (Å²) in [4.78, 5) is 187. The van der Waals surface area contributed by atoms with Gasteiger partial charge >= 0.3 is 5.97 Å². The average Bonchev–Trinajstić information content (AvgIpc) is 3.92. The fourth-order valence-electron chi connectivity index (χ4n) is 8.67. The third-order valence-corrected chi connectivity index (χ3v) is 13.8. The molecule has 0 saturated carbocycles. The average molecular weight is 1280 g/mol. The quantitative estimate of drug-likeness (QED) is 0.0275. The van der Waals surface area contributed by atoms with Gasteiger partial charge in [-0.3, -0.25) is 57.5 Å². The summed E-state index contributed by atoms with van der Waals surface area (Å²) in [7, 11) is 0. The van der Waals surface area contributed by atoms with Crippen molar-refractivity contribution < 1.29 is 82.8 Å². The van der Waals surface area contributed by atoms with Crippen molar-refractivity contribution in [3.8, 4) is 0 Å². The Balaban J connectivity index is 2.33. The SMILES string of the molecule is CC[C@H](C)[C@H](NC(=O)[C@H](CO)NC(=O)[C@H](CCCCN)NC(=O)[C@H](CC(C)C)NC(=O)[C@H](CO)NC(=O)[C@H](Cc1cnc[nH]1)NC(=O)[C@H](C)N)C(=O)N[C@H](C(=O)N[C@@H](CC(N)=O)C(=O)N[C@@H](Cc1cnc[nH]1)C(=O)NCC(=O)N[C@@H](CC(C)C)C(=O)O)[C@@H](C)O. The highest BCUT2D eigenvalue weighted by Crippen LogP contribution is 2.13. The minimum Gasteiger partial charge on any atom is -0.480 e. The highest BCUT2D eigenvalue weighted by atomic mass is 16.4. The Morgan fingerprint density at radius 2 is 0.944 bits per heavy atom. The summed E-state index contributed by atoms with van der Waals surface area (Å²) in [5.74, 6) is -14.6. The van der Waals surface area contributed by atoms with Gasteiger partial charge in [0.25, 0.3) is 0 Å². The van der Waals surface area contributed by atoms with Gasteiger partial charge in [0, 0.05) is 36.6 Å². The van der Waals surface area contributed by atoms with Gasteiger partial charge in [0.15, 0.2) is 0 Å². The highest BCUT2D eigenvalue weighted by Gasteiger charge is 2.38. The molecule has 0 aliphatic rings. The third kappa shape index (κ3) is 27.4. The Hall–Kier alpha value is -8.67. The molecule has 2 rings (SSSR count). The number of hydrogen-bond acceptors (Lipinski definition) is 20. The number of carbonyl (C=O) groups excluding carboxylic acids is 12. The topological polar surface area (TPSA) is 571 Å². The normalized spacial score (nSPS) is 15.6. The fraction of sp³-hybridized carbons (Fsp3) is 0.655. The number of aromatic nitrogens is 4. The minimum atomic E-state index is -1.93. The molecule has 12 amide bonds. The molecule has 0 bridgehead atoms. The van der Waals surface area contributed by atoms with Gasteiger partial charge in [-0.2, -0.15) is 0 Å². The molecule has 0 saturated heterocycles. The standard InChI is InChI=1S/C55H92N18O17/c1-9-28(6)43(53(87)73-44(30(8)76)54(88)69-37(18-41(58)77)50(84)68-35(16-31-19-59-24-62-31)46(80)61-21-42(78)64-38(55(89)90)15-27(4)5)72-52(86)40(23-75)70-47(81)33(12-10-11-13-56)65-48(82)34(14-26(2)3)67-51(85)39(22-74)71-49(83)36(66-45(79)29(7)57)17-32-20-60-25-63-32/h19-20,24-30,33-40,43-44,74-76H,9-18,21-23,56-57H2,1-8H3,(H2,58,77)(H,59,62)(H,60,63)(H,61,80)(H,64,78)(H,65,82)(H,66,79)(H,67,85)(H,68,84)(H,69,88)(H,70,81)(H,71,83)(H,72,86)(H,73,87)(H,89,90)/t28-,29-,30+,33-,34-,35-,36-,37-,38-,39-,40-,43-,44-/m0/s1. The summed E-state index contributed by atoms with van der Waals surface area (Å²) in [6, 6.07) is -16.8. The summed E-state index contributed by atoms with van der Waals surface area (Å²) in [5.41, 5.74) is 17.6. The molecule has 35 heteroatoms. The van der Waals surface area contributed by atoms with E-state index in [0.717, 1.165) is 6.92 Å². The van der Waals surface area contributed by atoms with Crippen LogP contribution in [0.4, 0.5) is 0 Å². The number of nitrogens with one attached hydrogen (secondary N) is 13. The zero-order chi connectivity index (χ0) is 67.9. The van der Waals surface area contributed by atoms with Crippen LogP contribution in [0.2, 0.25) is 0 Å². The lowest BCUT2D eigenvalue weighted by molar-refractivity contribution is -0.142. The lowest BCUT2D eigenvalue weighted by atomic mass is 9.97. The molecule has 90 heavy (non-hydrogen) atoms. The van der Waals surface area contributed by atoms with Crippen LogP contribution < -0.4 is 75.7 Å². The molecular formula is C55H92N18O17. The second kappa shape index (κ2) is 39.4. The minimum absolute atomic E-state index is 0.0352. The van der Waals surface area contributed by atoms with Crippen LogP contribution in [-0.4, -0.2) is 216 Å². The van der Waals surface area contributed by atoms with Crippen LogP contribution in [0.15, 0.2) is 25.0 Å². The Morgan fingerprint density at radius 1 is 0.522 bits per heavy atom. The van der Waals surface area contributed by atoms with E-state index >= 15 is 0 Å². The predicted molar refractivity (Wildman–Crippen MR) is 319 cm³/mol. The highest BCUT2D eigenvalue weighted by molar-refractivity contribution is 6.00. The Bertz CT molecular complexity index is 2690. The monoisotopic (exact) mass is 1280 g/mol. The van der Waals surface area contributed by atoms with Crippen LogP contribution in [0.25, 0.3) is 0 Å². The lowest BCUT2D eigenvalue weighted by Crippen LogP contribution is -2.63. The number of carboxylic acids is 1. The zero-order valence-electron chi connectivity index (χ0n) is 51.9. The number of amides is 12. The predicted octanol–water partition coefficient (Wildman–Crippen LogP) is -7.18. The molecule has 2 aromatic heterocycles. The number of imidazole rings is 2. The number of unbranched alkanes of at least 4 members (excludes halogenated alkanes) is 1. The van der Waals surface area contributed by atoms with Gasteiger partial charge in [0.05, 0.1) is 51.0 Å². The number of carbonyl (C=O) groups is 13. The summed E-state index contributed by atoms with van der Waals surface area (Å²) in [6.07, 6.45) is 3.05. The van der Waals surface area contributed by atoms with Crippen LogP contribution >= 0.6 is 0 Å². The number of nitrogens with zero attached hydrogens (tertiary/aromatic N) is 2. The molecule has 13 atom stereocenters. The van der Waals surface area contributed by atoms with Crippen LogP contribution in [0.1, 0.15) is 112 Å². The van der Waals surface area contributed by atoms with E-state index in [1.807, 2.05) is 0 Å². The summed E-state index contributed by atoms with van der Waals surface area (Å²) in [6.45, 7) is 10.0. The van der Waals surface area contributed by atoms with E-state index in [1.54, 1.807) is 34.6 Å². The number of aliphatic hydroxyl groups excluding tert-OH is 3. The van der Waals surface area contributed by atoms with Crippen molar-refractivity contribution in [3.05, 3.63) is 36.4 Å². The van der Waals surface area contributed by atoms with Crippen molar-refractivity contribution in [2.75, 3.05) is 26.3 Å². The second-order valence-corrected chi connectivity index (χ2v) is 22.6. The molecule has 35 nitrogen and oxygen atoms in total. The Morgan fingerprint density at radius 3 is 1.41 bits per heavy atom. The summed E-state index contributed by atoms with van der Waals surface area (Å²) < 4.78 is 0. The van der Waals surface area contributed by atoms with E-state index in [4.69, 9.17) is 17.2 Å². The van der Waals surface area contributed by atoms with Gasteiger partial charge in [-0.25, -0.2) is 14.8 Å². The molecule has 0 aliphatic carbocycles. The number of aliphatic hydroxyl groups is 3. The van der Waals surface area contributed by atoms with Gasteiger partial charge in [0.1, 0.15) is 60.4 Å². The van der Waals surface area contributed by atoms with Crippen LogP contribution in [0, 0.1) is 17.8 Å². The smallest absolute Gasteiger partial charge is 0.326 e. The van der Waals surface area contributed by atoms with E-state index in [-0.39, 0.29) is 63.3 Å². The summed E-state index contributed by atoms with van der Waals surface area (Å²) >= 11 is 0. The molecule has 2 heterocycles. The van der Waals surface area contributed by atoms with Crippen molar-refractivity contribution in [2.24, 2.45) is 35.0 Å². The van der Waals surface area contributed by atoms with Crippen LogP contribution in [-0.2, 0) is 75.2 Å². The third-order valence-electron chi connectivity index (χ3n) is 13.8. The first-order valence-corrected chi connectivity index (χ1v) is 29.5. The summed E-state index contributed by atoms with van der Waals surface area (Å²) in [5, 5.41) is 67.4. The molecule has 504 valence electrons. The van der Waals surface area contributed by atoms with E-state index in [9.17, 15) is 82.8 Å². The number of aromatic amines is 2. The maximum Gasteiger partial charge on any atom is 0.326 e. The molecule has 0 spiro atoms. The molecule has 0 radical (unpaired) electrons. The van der Waals surface area contributed by atoms with Crippen LogP contribution in [0.3, 0.4) is 0 Å². The maximum absolute atomic E-state index is 14.1. The Labute approximate surface area is 520 Å². The Kier molecular flexibility index (Phi) is 33.9. The van der Waals surface area contributed by atoms with Crippen molar-refractivity contribution in [1.29, 1.82) is 0 Å². The first-order chi connectivity index (χ1) is 42.3. The second-order valence-electron chi connectivity index (χ2n) is 22.6. The van der Waals surface area contributed by atoms with Crippen molar-refractivity contribution in [1.82, 2.24) is 78.4 Å². The molecular weight excluding hydrogens is 1180 g/mol. The number of carboxylic acid groups (broad SMARTS) is 1. The van der Waals surface area contributed by atoms with Crippen LogP contribution in [0.5, 0.6) is 0 Å². The molecule has 0 unspecified atom stereocenters. The number of rotatable bonds is 42. The number of hydrogen-bond donors (Lipinski definition) is 20. The van der Waals surface area contributed by atoms with Gasteiger partial charge in [-0.05, 0) is 70.3 Å². The number of nitrogens with two attached hydrogens (primary N) is 3. The number of aliphatic carboxylic acids is 1. The van der Waals surface area contributed by atoms with Gasteiger partial charge in [0.2, 0.25) is 70.9 Å². The van der Waals surface area contributed by atoms with Gasteiger partial charge in [-0.1, -0.05) is 48.0 Å². The molecule has 23 N–H and O–H groups in total.